The van der Waals surface area contributed by atoms with E-state index < -0.39 is 4.51 Å². The summed E-state index contributed by atoms with van der Waals surface area (Å²) >= 11 is 3.68. The monoisotopic (exact) mass is 276 g/mol. The average molecular weight is 277 g/mol. The standard InChI is InChI=1S/C14H13BrO/c1-16-14(15,12-8-4-2-5-9-12)13-10-6-3-7-11-13/h2-11H,1H3. The molecule has 0 aliphatic heterocycles. The maximum Gasteiger partial charge on any atom is 0.173 e. The predicted molar refractivity (Wildman–Crippen MR) is 69.6 cm³/mol. The lowest BCUT2D eigenvalue weighted by molar-refractivity contribution is 0.111. The van der Waals surface area contributed by atoms with Crippen LogP contribution in [0.1, 0.15) is 11.1 Å². The normalized spacial score (nSPS) is 11.4. The molecule has 2 aromatic rings. The zero-order chi connectivity index (χ0) is 11.4. The van der Waals surface area contributed by atoms with Crippen molar-refractivity contribution in [3.63, 3.8) is 0 Å². The highest BCUT2D eigenvalue weighted by Gasteiger charge is 2.30. The second kappa shape index (κ2) is 4.81. The highest BCUT2D eigenvalue weighted by molar-refractivity contribution is 9.09. The molecule has 82 valence electrons. The Kier molecular flexibility index (Phi) is 3.42. The molecule has 0 aromatic heterocycles. The highest BCUT2D eigenvalue weighted by Crippen LogP contribution is 2.38. The molecule has 0 amide bonds. The van der Waals surface area contributed by atoms with Crippen molar-refractivity contribution in [2.45, 2.75) is 4.51 Å². The third-order valence-corrected chi connectivity index (χ3v) is 3.81. The average Bonchev–Trinajstić information content (AvgIpc) is 2.40. The van der Waals surface area contributed by atoms with Crippen molar-refractivity contribution in [3.8, 4) is 0 Å². The zero-order valence-electron chi connectivity index (χ0n) is 9.06. The molecule has 0 fully saturated rings. The Hall–Kier alpha value is -1.12. The molecular formula is C14H13BrO. The van der Waals surface area contributed by atoms with Gasteiger partial charge >= 0.3 is 0 Å². The smallest absolute Gasteiger partial charge is 0.173 e. The van der Waals surface area contributed by atoms with Crippen LogP contribution in [-0.4, -0.2) is 7.11 Å². The molecule has 2 heteroatoms. The molecule has 2 rings (SSSR count). The summed E-state index contributed by atoms with van der Waals surface area (Å²) in [5, 5.41) is 0. The fourth-order valence-corrected chi connectivity index (χ4v) is 2.24. The summed E-state index contributed by atoms with van der Waals surface area (Å²) < 4.78 is 5.07. The molecule has 0 aliphatic rings. The third-order valence-electron chi connectivity index (χ3n) is 2.57. The first kappa shape index (κ1) is 11.4. The van der Waals surface area contributed by atoms with E-state index in [0.717, 1.165) is 11.1 Å². The highest BCUT2D eigenvalue weighted by atomic mass is 79.9. The van der Waals surface area contributed by atoms with Gasteiger partial charge in [-0.25, -0.2) is 0 Å². The van der Waals surface area contributed by atoms with Gasteiger partial charge in [0.25, 0.3) is 0 Å². The van der Waals surface area contributed by atoms with E-state index >= 15 is 0 Å². The van der Waals surface area contributed by atoms with E-state index in [1.807, 2.05) is 60.7 Å². The van der Waals surface area contributed by atoms with Crippen molar-refractivity contribution < 1.29 is 4.74 Å². The number of benzene rings is 2. The topological polar surface area (TPSA) is 9.23 Å². The lowest BCUT2D eigenvalue weighted by Crippen LogP contribution is -2.21. The van der Waals surface area contributed by atoms with Gasteiger partial charge in [0.2, 0.25) is 0 Å². The Balaban J connectivity index is 2.49. The van der Waals surface area contributed by atoms with Crippen LogP contribution in [0, 0.1) is 0 Å². The van der Waals surface area contributed by atoms with Crippen molar-refractivity contribution in [1.82, 2.24) is 0 Å². The van der Waals surface area contributed by atoms with Crippen molar-refractivity contribution in [2.75, 3.05) is 7.11 Å². The van der Waals surface area contributed by atoms with Gasteiger partial charge in [-0.2, -0.15) is 0 Å². The summed E-state index contributed by atoms with van der Waals surface area (Å²) in [7, 11) is 1.70. The zero-order valence-corrected chi connectivity index (χ0v) is 10.6. The van der Waals surface area contributed by atoms with Crippen LogP contribution >= 0.6 is 15.9 Å². The second-order valence-electron chi connectivity index (χ2n) is 3.53. The number of methoxy groups -OCH3 is 1. The molecule has 0 saturated heterocycles. The van der Waals surface area contributed by atoms with Crippen molar-refractivity contribution in [3.05, 3.63) is 71.8 Å². The molecular weight excluding hydrogens is 264 g/mol. The third kappa shape index (κ3) is 2.04. The van der Waals surface area contributed by atoms with Gasteiger partial charge in [0.05, 0.1) is 0 Å². The molecule has 0 aliphatic carbocycles. The van der Waals surface area contributed by atoms with E-state index in [-0.39, 0.29) is 0 Å². The Labute approximate surface area is 104 Å². The predicted octanol–water partition coefficient (Wildman–Crippen LogP) is 3.93. The van der Waals surface area contributed by atoms with Gasteiger partial charge in [-0.15, -0.1) is 0 Å². The number of rotatable bonds is 3. The Morgan fingerprint density at radius 2 is 1.19 bits per heavy atom. The first-order chi connectivity index (χ1) is 7.77. The minimum Gasteiger partial charge on any atom is -0.358 e. The SMILES string of the molecule is COC(Br)(c1ccccc1)c1ccccc1. The van der Waals surface area contributed by atoms with Crippen LogP contribution in [0.4, 0.5) is 0 Å². The van der Waals surface area contributed by atoms with E-state index in [4.69, 9.17) is 4.74 Å². The Morgan fingerprint density at radius 1 is 0.812 bits per heavy atom. The fraction of sp³-hybridized carbons (Fsp3) is 0.143. The van der Waals surface area contributed by atoms with E-state index in [2.05, 4.69) is 15.9 Å². The summed E-state index contributed by atoms with van der Waals surface area (Å²) in [6.07, 6.45) is 0. The van der Waals surface area contributed by atoms with E-state index in [0.29, 0.717) is 0 Å². The molecule has 0 spiro atoms. The Bertz CT molecular complexity index is 399. The van der Waals surface area contributed by atoms with Crippen LogP contribution < -0.4 is 0 Å². The van der Waals surface area contributed by atoms with Crippen LogP contribution in [0.15, 0.2) is 60.7 Å². The van der Waals surface area contributed by atoms with Crippen LogP contribution in [0.5, 0.6) is 0 Å². The number of ether oxygens (including phenoxy) is 1. The fourth-order valence-electron chi connectivity index (χ4n) is 1.71. The van der Waals surface area contributed by atoms with Gasteiger partial charge in [0.15, 0.2) is 4.51 Å². The molecule has 2 aromatic carbocycles. The minimum absolute atomic E-state index is 0.560. The van der Waals surface area contributed by atoms with E-state index in [9.17, 15) is 0 Å². The quantitative estimate of drug-likeness (QED) is 0.772. The van der Waals surface area contributed by atoms with E-state index in [1.54, 1.807) is 7.11 Å². The summed E-state index contributed by atoms with van der Waals surface area (Å²) in [6.45, 7) is 0. The molecule has 0 unspecified atom stereocenters. The second-order valence-corrected chi connectivity index (χ2v) is 4.65. The first-order valence-electron chi connectivity index (χ1n) is 5.12. The summed E-state index contributed by atoms with van der Waals surface area (Å²) in [5.41, 5.74) is 2.17. The molecule has 1 nitrogen and oxygen atoms in total. The van der Waals surface area contributed by atoms with Gasteiger partial charge < -0.3 is 4.74 Å². The van der Waals surface area contributed by atoms with Crippen molar-refractivity contribution in [1.29, 1.82) is 0 Å². The van der Waals surface area contributed by atoms with Crippen molar-refractivity contribution >= 4 is 15.9 Å². The number of halogens is 1. The van der Waals surface area contributed by atoms with Gasteiger partial charge in [-0.05, 0) is 27.1 Å². The maximum absolute atomic E-state index is 5.63. The summed E-state index contributed by atoms with van der Waals surface area (Å²) in [4.78, 5) is 0. The lowest BCUT2D eigenvalue weighted by Gasteiger charge is -2.27. The summed E-state index contributed by atoms with van der Waals surface area (Å²) in [6, 6.07) is 20.2. The molecule has 0 bridgehead atoms. The molecule has 16 heavy (non-hydrogen) atoms. The molecule has 0 radical (unpaired) electrons. The number of hydrogen-bond donors (Lipinski definition) is 0. The molecule has 0 N–H and O–H groups in total. The Morgan fingerprint density at radius 3 is 1.50 bits per heavy atom. The largest absolute Gasteiger partial charge is 0.358 e. The van der Waals surface area contributed by atoms with Gasteiger partial charge in [0, 0.05) is 7.11 Å². The molecule has 0 saturated carbocycles. The first-order valence-corrected chi connectivity index (χ1v) is 5.92. The van der Waals surface area contributed by atoms with Crippen molar-refractivity contribution in [2.24, 2.45) is 0 Å². The van der Waals surface area contributed by atoms with Crippen LogP contribution in [-0.2, 0) is 9.25 Å². The van der Waals surface area contributed by atoms with Gasteiger partial charge in [-0.3, -0.25) is 0 Å². The van der Waals surface area contributed by atoms with E-state index in [1.165, 1.54) is 0 Å². The molecule has 0 atom stereocenters. The summed E-state index contributed by atoms with van der Waals surface area (Å²) in [5.74, 6) is 0. The van der Waals surface area contributed by atoms with Crippen LogP contribution in [0.2, 0.25) is 0 Å². The number of hydrogen-bond acceptors (Lipinski definition) is 1. The van der Waals surface area contributed by atoms with Gasteiger partial charge in [-0.1, -0.05) is 60.7 Å². The van der Waals surface area contributed by atoms with Crippen LogP contribution in [0.25, 0.3) is 0 Å². The number of alkyl halides is 1. The van der Waals surface area contributed by atoms with Crippen LogP contribution in [0.3, 0.4) is 0 Å². The maximum atomic E-state index is 5.63. The molecule has 0 heterocycles. The lowest BCUT2D eigenvalue weighted by atomic mass is 10.0. The van der Waals surface area contributed by atoms with Gasteiger partial charge in [0.1, 0.15) is 0 Å². The minimum atomic E-state index is -0.560.